The molecule has 0 aliphatic heterocycles. The predicted molar refractivity (Wildman–Crippen MR) is 82.7 cm³/mol. The Bertz CT molecular complexity index is 599. The van der Waals surface area contributed by atoms with Crippen molar-refractivity contribution in [3.63, 3.8) is 0 Å². The van der Waals surface area contributed by atoms with Gasteiger partial charge in [-0.25, -0.2) is 13.1 Å². The summed E-state index contributed by atoms with van der Waals surface area (Å²) in [6.07, 6.45) is 1.82. The highest BCUT2D eigenvalue weighted by atomic mass is 32.2. The van der Waals surface area contributed by atoms with Crippen LogP contribution < -0.4 is 10.0 Å². The van der Waals surface area contributed by atoms with E-state index in [0.717, 1.165) is 18.4 Å². The zero-order valence-corrected chi connectivity index (χ0v) is 14.3. The van der Waals surface area contributed by atoms with Crippen LogP contribution in [0.5, 0.6) is 0 Å². The number of furan rings is 1. The molecule has 0 spiro atoms. The summed E-state index contributed by atoms with van der Waals surface area (Å²) >= 11 is 0. The minimum absolute atomic E-state index is 0.0607. The summed E-state index contributed by atoms with van der Waals surface area (Å²) in [7, 11) is -3.52. The van der Waals surface area contributed by atoms with E-state index in [1.165, 1.54) is 0 Å². The third-order valence-corrected chi connectivity index (χ3v) is 5.69. The van der Waals surface area contributed by atoms with Crippen LogP contribution in [0.2, 0.25) is 0 Å². The summed E-state index contributed by atoms with van der Waals surface area (Å²) in [6.45, 7) is 10.2. The summed E-state index contributed by atoms with van der Waals surface area (Å²) in [5.74, 6) is 1.74. The van der Waals surface area contributed by atoms with Gasteiger partial charge >= 0.3 is 0 Å². The first-order valence-electron chi connectivity index (χ1n) is 7.55. The minimum Gasteiger partial charge on any atom is -0.465 e. The van der Waals surface area contributed by atoms with E-state index in [9.17, 15) is 8.42 Å². The van der Waals surface area contributed by atoms with Crippen LogP contribution in [0, 0.1) is 19.8 Å². The predicted octanol–water partition coefficient (Wildman–Crippen LogP) is 2.47. The van der Waals surface area contributed by atoms with E-state index >= 15 is 0 Å². The Morgan fingerprint density at radius 3 is 2.38 bits per heavy atom. The van der Waals surface area contributed by atoms with Crippen LogP contribution in [-0.4, -0.2) is 20.5 Å². The van der Waals surface area contributed by atoms with E-state index in [1.54, 1.807) is 6.92 Å². The highest BCUT2D eigenvalue weighted by Crippen LogP contribution is 2.31. The molecular formula is C15H26N2O3S. The number of sulfonamides is 1. The number of hydrogen-bond acceptors (Lipinski definition) is 4. The van der Waals surface area contributed by atoms with Crippen LogP contribution in [0.3, 0.4) is 0 Å². The molecule has 0 radical (unpaired) electrons. The fraction of sp³-hybridized carbons (Fsp3) is 0.733. The Labute approximate surface area is 127 Å². The van der Waals surface area contributed by atoms with Crippen LogP contribution in [0.4, 0.5) is 0 Å². The first kappa shape index (κ1) is 16.5. The van der Waals surface area contributed by atoms with E-state index in [-0.39, 0.29) is 12.1 Å². The molecule has 1 fully saturated rings. The summed E-state index contributed by atoms with van der Waals surface area (Å²) in [4.78, 5) is 0.313. The fourth-order valence-electron chi connectivity index (χ4n) is 2.85. The van der Waals surface area contributed by atoms with Gasteiger partial charge in [0.1, 0.15) is 16.4 Å². The number of hydrogen-bond donors (Lipinski definition) is 2. The van der Waals surface area contributed by atoms with Crippen molar-refractivity contribution in [2.24, 2.45) is 5.92 Å². The van der Waals surface area contributed by atoms with Gasteiger partial charge in [-0.2, -0.15) is 0 Å². The summed E-state index contributed by atoms with van der Waals surface area (Å²) in [5, 5.41) is 3.26. The molecule has 1 aromatic heterocycles. The monoisotopic (exact) mass is 314 g/mol. The molecule has 2 rings (SSSR count). The van der Waals surface area contributed by atoms with E-state index in [1.807, 2.05) is 20.8 Å². The fourth-order valence-corrected chi connectivity index (χ4v) is 4.56. The normalized spacial score (nSPS) is 22.6. The lowest BCUT2D eigenvalue weighted by Crippen LogP contribution is -2.43. The van der Waals surface area contributed by atoms with E-state index < -0.39 is 10.0 Å². The van der Waals surface area contributed by atoms with Gasteiger partial charge in [-0.1, -0.05) is 20.8 Å². The molecule has 21 heavy (non-hydrogen) atoms. The SMILES string of the molecule is Cc1oc(C)c(S(=O)(=O)NC2CC(C)C2)c1CNC(C)C. The minimum atomic E-state index is -3.52. The van der Waals surface area contributed by atoms with Crippen molar-refractivity contribution in [2.45, 2.75) is 71.0 Å². The van der Waals surface area contributed by atoms with Gasteiger partial charge < -0.3 is 9.73 Å². The maximum absolute atomic E-state index is 12.6. The van der Waals surface area contributed by atoms with Gasteiger partial charge in [-0.05, 0) is 32.6 Å². The maximum atomic E-state index is 12.6. The molecule has 0 amide bonds. The van der Waals surface area contributed by atoms with Gasteiger partial charge in [0, 0.05) is 24.2 Å². The lowest BCUT2D eigenvalue weighted by molar-refractivity contribution is 0.270. The van der Waals surface area contributed by atoms with Crippen molar-refractivity contribution in [3.05, 3.63) is 17.1 Å². The Morgan fingerprint density at radius 1 is 1.24 bits per heavy atom. The molecule has 1 aliphatic rings. The average Bonchev–Trinajstić information content (AvgIpc) is 2.59. The molecular weight excluding hydrogens is 288 g/mol. The lowest BCUT2D eigenvalue weighted by Gasteiger charge is -2.32. The molecule has 1 aromatic rings. The van der Waals surface area contributed by atoms with Gasteiger partial charge in [-0.15, -0.1) is 0 Å². The van der Waals surface area contributed by atoms with Crippen LogP contribution in [0.25, 0.3) is 0 Å². The number of nitrogens with one attached hydrogen (secondary N) is 2. The highest BCUT2D eigenvalue weighted by Gasteiger charge is 2.33. The molecule has 2 N–H and O–H groups in total. The zero-order valence-electron chi connectivity index (χ0n) is 13.5. The van der Waals surface area contributed by atoms with Gasteiger partial charge in [0.2, 0.25) is 10.0 Å². The van der Waals surface area contributed by atoms with Gasteiger partial charge in [-0.3, -0.25) is 0 Å². The Morgan fingerprint density at radius 2 is 1.86 bits per heavy atom. The highest BCUT2D eigenvalue weighted by molar-refractivity contribution is 7.89. The molecule has 0 saturated heterocycles. The van der Waals surface area contributed by atoms with Crippen molar-refractivity contribution in [1.82, 2.24) is 10.0 Å². The van der Waals surface area contributed by atoms with Gasteiger partial charge in [0.05, 0.1) is 0 Å². The average molecular weight is 314 g/mol. The lowest BCUT2D eigenvalue weighted by atomic mass is 9.83. The standard InChI is InChI=1S/C15H26N2O3S/c1-9(2)16-8-14-11(4)20-12(5)15(14)21(18,19)17-13-6-10(3)7-13/h9-10,13,16-17H,6-8H2,1-5H3. The van der Waals surface area contributed by atoms with Crippen LogP contribution in [0.15, 0.2) is 9.31 Å². The van der Waals surface area contributed by atoms with Crippen LogP contribution in [0.1, 0.15) is 50.7 Å². The summed E-state index contributed by atoms with van der Waals surface area (Å²) in [6, 6.07) is 0.348. The Kier molecular flexibility index (Phi) is 4.80. The van der Waals surface area contributed by atoms with Crippen molar-refractivity contribution in [3.8, 4) is 0 Å². The van der Waals surface area contributed by atoms with Gasteiger partial charge in [0.15, 0.2) is 0 Å². The zero-order chi connectivity index (χ0) is 15.8. The molecule has 5 nitrogen and oxygen atoms in total. The first-order valence-corrected chi connectivity index (χ1v) is 9.03. The molecule has 0 unspecified atom stereocenters. The van der Waals surface area contributed by atoms with E-state index in [4.69, 9.17) is 4.42 Å². The van der Waals surface area contributed by atoms with Crippen molar-refractivity contribution >= 4 is 10.0 Å². The molecule has 0 aromatic carbocycles. The first-order chi connectivity index (χ1) is 9.70. The topological polar surface area (TPSA) is 71.3 Å². The number of aryl methyl sites for hydroxylation is 2. The third-order valence-electron chi connectivity index (χ3n) is 3.98. The van der Waals surface area contributed by atoms with Crippen LogP contribution >= 0.6 is 0 Å². The Balaban J connectivity index is 2.24. The van der Waals surface area contributed by atoms with Crippen molar-refractivity contribution in [2.75, 3.05) is 0 Å². The van der Waals surface area contributed by atoms with Crippen molar-refractivity contribution < 1.29 is 12.8 Å². The van der Waals surface area contributed by atoms with Crippen molar-refractivity contribution in [1.29, 1.82) is 0 Å². The molecule has 1 heterocycles. The summed E-state index contributed by atoms with van der Waals surface area (Å²) in [5.41, 5.74) is 0.737. The largest absolute Gasteiger partial charge is 0.465 e. The maximum Gasteiger partial charge on any atom is 0.244 e. The summed E-state index contributed by atoms with van der Waals surface area (Å²) < 4.78 is 33.7. The van der Waals surface area contributed by atoms with Crippen LogP contribution in [-0.2, 0) is 16.6 Å². The van der Waals surface area contributed by atoms with E-state index in [0.29, 0.717) is 28.9 Å². The molecule has 1 saturated carbocycles. The molecule has 0 atom stereocenters. The molecule has 6 heteroatoms. The second kappa shape index (κ2) is 6.10. The number of rotatable bonds is 6. The van der Waals surface area contributed by atoms with E-state index in [2.05, 4.69) is 17.0 Å². The Hall–Kier alpha value is -0.850. The second-order valence-electron chi connectivity index (χ2n) is 6.45. The second-order valence-corrected chi connectivity index (χ2v) is 8.10. The molecule has 120 valence electrons. The third kappa shape index (κ3) is 3.67. The quantitative estimate of drug-likeness (QED) is 0.846. The smallest absolute Gasteiger partial charge is 0.244 e. The molecule has 1 aliphatic carbocycles. The molecule has 0 bridgehead atoms. The van der Waals surface area contributed by atoms with Gasteiger partial charge in [0.25, 0.3) is 0 Å².